The molecule has 0 aliphatic rings. The molecule has 0 saturated heterocycles. The quantitative estimate of drug-likeness (QED) is 0.509. The molecule has 0 spiro atoms. The van der Waals surface area contributed by atoms with Crippen molar-refractivity contribution in [1.29, 1.82) is 0 Å². The Morgan fingerprint density at radius 2 is 1.64 bits per heavy atom. The number of methoxy groups -OCH3 is 1. The highest BCUT2D eigenvalue weighted by molar-refractivity contribution is 5.85. The molecular weight excluding hydrogens is 308 g/mol. The Kier molecular flexibility index (Phi) is 3.77. The standard InChI is InChI=1S/C22H20N2O/c1-15-7-6-8-16(2)22(15)17-11-12-19-18(13-17)23-14-24(19)20-9-4-5-10-21(20)25-3/h4-14H,1-3H3. The molecule has 3 nitrogen and oxygen atoms in total. The van der Waals surface area contributed by atoms with E-state index in [-0.39, 0.29) is 0 Å². The molecular formula is C22H20N2O. The molecule has 0 aliphatic heterocycles. The van der Waals surface area contributed by atoms with Crippen molar-refractivity contribution in [2.75, 3.05) is 7.11 Å². The van der Waals surface area contributed by atoms with Crippen molar-refractivity contribution in [2.24, 2.45) is 0 Å². The van der Waals surface area contributed by atoms with Crippen molar-refractivity contribution in [1.82, 2.24) is 9.55 Å². The summed E-state index contributed by atoms with van der Waals surface area (Å²) >= 11 is 0. The highest BCUT2D eigenvalue weighted by Gasteiger charge is 2.11. The SMILES string of the molecule is COc1ccccc1-n1cnc2cc(-c3c(C)cccc3C)ccc21. The van der Waals surface area contributed by atoms with Gasteiger partial charge in [-0.25, -0.2) is 4.98 Å². The fourth-order valence-corrected chi connectivity index (χ4v) is 3.46. The third-order valence-electron chi connectivity index (χ3n) is 4.66. The second kappa shape index (κ2) is 6.10. The fraction of sp³-hybridized carbons (Fsp3) is 0.136. The number of nitrogens with zero attached hydrogens (tertiary/aromatic N) is 2. The van der Waals surface area contributed by atoms with Crippen LogP contribution in [-0.4, -0.2) is 16.7 Å². The topological polar surface area (TPSA) is 27.1 Å². The molecule has 3 heteroatoms. The minimum absolute atomic E-state index is 0.834. The summed E-state index contributed by atoms with van der Waals surface area (Å²) in [5, 5.41) is 0. The first kappa shape index (κ1) is 15.5. The number of ether oxygens (including phenoxy) is 1. The number of benzene rings is 3. The minimum Gasteiger partial charge on any atom is -0.495 e. The molecule has 124 valence electrons. The third-order valence-corrected chi connectivity index (χ3v) is 4.66. The number of para-hydroxylation sites is 2. The van der Waals surface area contributed by atoms with E-state index < -0.39 is 0 Å². The van der Waals surface area contributed by atoms with Gasteiger partial charge in [-0.2, -0.15) is 0 Å². The van der Waals surface area contributed by atoms with Gasteiger partial charge >= 0.3 is 0 Å². The summed E-state index contributed by atoms with van der Waals surface area (Å²) in [4.78, 5) is 4.62. The van der Waals surface area contributed by atoms with Gasteiger partial charge in [-0.15, -0.1) is 0 Å². The van der Waals surface area contributed by atoms with E-state index in [4.69, 9.17) is 4.74 Å². The van der Waals surface area contributed by atoms with Crippen LogP contribution in [0, 0.1) is 13.8 Å². The number of aromatic nitrogens is 2. The summed E-state index contributed by atoms with van der Waals surface area (Å²) in [5.74, 6) is 0.834. The highest BCUT2D eigenvalue weighted by Crippen LogP contribution is 2.31. The number of fused-ring (bicyclic) bond motifs is 1. The predicted octanol–water partition coefficient (Wildman–Crippen LogP) is 5.32. The van der Waals surface area contributed by atoms with E-state index in [1.165, 1.54) is 22.3 Å². The lowest BCUT2D eigenvalue weighted by Gasteiger charge is -2.11. The van der Waals surface area contributed by atoms with Crippen LogP contribution in [0.4, 0.5) is 0 Å². The van der Waals surface area contributed by atoms with Crippen molar-refractivity contribution in [2.45, 2.75) is 13.8 Å². The van der Waals surface area contributed by atoms with Gasteiger partial charge < -0.3 is 4.74 Å². The number of hydrogen-bond donors (Lipinski definition) is 0. The first-order valence-electron chi connectivity index (χ1n) is 8.36. The summed E-state index contributed by atoms with van der Waals surface area (Å²) in [7, 11) is 1.69. The Bertz CT molecular complexity index is 1040. The number of aryl methyl sites for hydroxylation is 2. The smallest absolute Gasteiger partial charge is 0.142 e. The first-order valence-corrected chi connectivity index (χ1v) is 8.36. The van der Waals surface area contributed by atoms with Gasteiger partial charge in [0.05, 0.1) is 23.8 Å². The maximum atomic E-state index is 5.49. The second-order valence-corrected chi connectivity index (χ2v) is 6.26. The van der Waals surface area contributed by atoms with Crippen LogP contribution in [0.1, 0.15) is 11.1 Å². The van der Waals surface area contributed by atoms with Crippen molar-refractivity contribution in [3.05, 3.63) is 78.1 Å². The van der Waals surface area contributed by atoms with E-state index in [1.807, 2.05) is 30.6 Å². The van der Waals surface area contributed by atoms with Gasteiger partial charge in [0.25, 0.3) is 0 Å². The van der Waals surface area contributed by atoms with Gasteiger partial charge in [-0.3, -0.25) is 4.57 Å². The number of hydrogen-bond acceptors (Lipinski definition) is 2. The lowest BCUT2D eigenvalue weighted by molar-refractivity contribution is 0.413. The maximum absolute atomic E-state index is 5.49. The monoisotopic (exact) mass is 328 g/mol. The molecule has 1 heterocycles. The largest absolute Gasteiger partial charge is 0.495 e. The van der Waals surface area contributed by atoms with E-state index in [2.05, 4.69) is 59.8 Å². The molecule has 0 fully saturated rings. The second-order valence-electron chi connectivity index (χ2n) is 6.26. The van der Waals surface area contributed by atoms with Crippen LogP contribution in [0.25, 0.3) is 27.8 Å². The molecule has 0 bridgehead atoms. The Labute approximate surface area is 147 Å². The fourth-order valence-electron chi connectivity index (χ4n) is 3.46. The van der Waals surface area contributed by atoms with Crippen LogP contribution in [-0.2, 0) is 0 Å². The average molecular weight is 328 g/mol. The van der Waals surface area contributed by atoms with E-state index in [1.54, 1.807) is 7.11 Å². The van der Waals surface area contributed by atoms with Gasteiger partial charge in [0, 0.05) is 0 Å². The minimum atomic E-state index is 0.834. The zero-order chi connectivity index (χ0) is 17.4. The van der Waals surface area contributed by atoms with E-state index in [0.717, 1.165) is 22.5 Å². The summed E-state index contributed by atoms with van der Waals surface area (Å²) in [5.41, 5.74) is 8.09. The van der Waals surface area contributed by atoms with Crippen LogP contribution in [0.3, 0.4) is 0 Å². The Hall–Kier alpha value is -3.07. The molecule has 3 aromatic carbocycles. The molecule has 4 aromatic rings. The summed E-state index contributed by atoms with van der Waals surface area (Å²) < 4.78 is 7.57. The van der Waals surface area contributed by atoms with Crippen LogP contribution in [0.5, 0.6) is 5.75 Å². The number of imidazole rings is 1. The summed E-state index contributed by atoms with van der Waals surface area (Å²) in [6.45, 7) is 4.31. The van der Waals surface area contributed by atoms with Crippen molar-refractivity contribution in [3.8, 4) is 22.6 Å². The molecule has 0 aliphatic carbocycles. The van der Waals surface area contributed by atoms with Crippen molar-refractivity contribution in [3.63, 3.8) is 0 Å². The van der Waals surface area contributed by atoms with Gasteiger partial charge in [0.15, 0.2) is 0 Å². The maximum Gasteiger partial charge on any atom is 0.142 e. The van der Waals surface area contributed by atoms with E-state index >= 15 is 0 Å². The Balaban J connectivity index is 1.88. The third kappa shape index (κ3) is 2.58. The zero-order valence-corrected chi connectivity index (χ0v) is 14.7. The molecule has 0 radical (unpaired) electrons. The molecule has 0 N–H and O–H groups in total. The Morgan fingerprint density at radius 3 is 2.40 bits per heavy atom. The number of rotatable bonds is 3. The molecule has 0 amide bonds. The Morgan fingerprint density at radius 1 is 0.880 bits per heavy atom. The highest BCUT2D eigenvalue weighted by atomic mass is 16.5. The van der Waals surface area contributed by atoms with E-state index in [0.29, 0.717) is 0 Å². The van der Waals surface area contributed by atoms with Crippen molar-refractivity contribution < 1.29 is 4.74 Å². The summed E-state index contributed by atoms with van der Waals surface area (Å²) in [6.07, 6.45) is 1.86. The van der Waals surface area contributed by atoms with E-state index in [9.17, 15) is 0 Å². The molecule has 0 atom stereocenters. The molecule has 25 heavy (non-hydrogen) atoms. The first-order chi connectivity index (χ1) is 12.2. The van der Waals surface area contributed by atoms with Crippen LogP contribution < -0.4 is 4.74 Å². The van der Waals surface area contributed by atoms with Gasteiger partial charge in [0.1, 0.15) is 12.1 Å². The molecule has 0 unspecified atom stereocenters. The van der Waals surface area contributed by atoms with Crippen molar-refractivity contribution >= 4 is 11.0 Å². The van der Waals surface area contributed by atoms with Crippen LogP contribution >= 0.6 is 0 Å². The van der Waals surface area contributed by atoms with Gasteiger partial charge in [-0.1, -0.05) is 36.4 Å². The average Bonchev–Trinajstić information content (AvgIpc) is 3.04. The van der Waals surface area contributed by atoms with Gasteiger partial charge in [0.2, 0.25) is 0 Å². The normalized spacial score (nSPS) is 11.0. The van der Waals surface area contributed by atoms with Gasteiger partial charge in [-0.05, 0) is 60.4 Å². The summed E-state index contributed by atoms with van der Waals surface area (Å²) in [6, 6.07) is 20.9. The lowest BCUT2D eigenvalue weighted by Crippen LogP contribution is -1.96. The zero-order valence-electron chi connectivity index (χ0n) is 14.7. The van der Waals surface area contributed by atoms with Crippen LogP contribution in [0.15, 0.2) is 67.0 Å². The predicted molar refractivity (Wildman–Crippen MR) is 103 cm³/mol. The lowest BCUT2D eigenvalue weighted by atomic mass is 9.95. The van der Waals surface area contributed by atoms with Crippen LogP contribution in [0.2, 0.25) is 0 Å². The molecule has 1 aromatic heterocycles. The molecule has 4 rings (SSSR count). The molecule has 0 saturated carbocycles.